The van der Waals surface area contributed by atoms with Crippen LogP contribution >= 0.6 is 23.4 Å². The first-order chi connectivity index (χ1) is 6.76. The lowest BCUT2D eigenvalue weighted by Gasteiger charge is -2.12. The molecule has 3 heteroatoms. The van der Waals surface area contributed by atoms with E-state index in [4.69, 9.17) is 11.6 Å². The van der Waals surface area contributed by atoms with Gasteiger partial charge in [-0.2, -0.15) is 0 Å². The third kappa shape index (κ3) is 3.91. The Bertz CT molecular complexity index is 260. The summed E-state index contributed by atoms with van der Waals surface area (Å²) >= 11 is 7.57. The molecule has 0 fully saturated rings. The highest BCUT2D eigenvalue weighted by atomic mass is 35.5. The van der Waals surface area contributed by atoms with Gasteiger partial charge in [0.2, 0.25) is 0 Å². The van der Waals surface area contributed by atoms with Crippen LogP contribution in [0.25, 0.3) is 0 Å². The highest BCUT2D eigenvalue weighted by molar-refractivity contribution is 7.99. The molecule has 0 aromatic heterocycles. The zero-order valence-corrected chi connectivity index (χ0v) is 10.2. The normalized spacial score (nSPS) is 10.9. The van der Waals surface area contributed by atoms with Gasteiger partial charge in [0.15, 0.2) is 0 Å². The highest BCUT2D eigenvalue weighted by Gasteiger charge is 1.98. The molecule has 0 N–H and O–H groups in total. The van der Waals surface area contributed by atoms with E-state index in [1.54, 1.807) is 0 Å². The molecule has 1 nitrogen and oxygen atoms in total. The second-order valence-electron chi connectivity index (χ2n) is 3.21. The van der Waals surface area contributed by atoms with Crippen molar-refractivity contribution < 1.29 is 0 Å². The van der Waals surface area contributed by atoms with Gasteiger partial charge in [0, 0.05) is 11.4 Å². The van der Waals surface area contributed by atoms with Crippen LogP contribution in [0.4, 0.5) is 0 Å². The smallest absolute Gasteiger partial charge is 0.0738 e. The topological polar surface area (TPSA) is 3.24 Å². The molecule has 1 aromatic rings. The van der Waals surface area contributed by atoms with E-state index in [-0.39, 0.29) is 0 Å². The maximum atomic E-state index is 5.70. The van der Waals surface area contributed by atoms with Gasteiger partial charge in [-0.15, -0.1) is 23.4 Å². The summed E-state index contributed by atoms with van der Waals surface area (Å²) < 4.78 is 0. The van der Waals surface area contributed by atoms with Gasteiger partial charge in [0.1, 0.15) is 0 Å². The van der Waals surface area contributed by atoms with Crippen molar-refractivity contribution in [1.29, 1.82) is 0 Å². The predicted octanol–water partition coefficient (Wildman–Crippen LogP) is 3.43. The largest absolute Gasteiger partial charge is 0.289 e. The maximum Gasteiger partial charge on any atom is 0.0738 e. The molecule has 14 heavy (non-hydrogen) atoms. The van der Waals surface area contributed by atoms with Crippen molar-refractivity contribution in [2.45, 2.75) is 18.4 Å². The molecule has 0 aliphatic carbocycles. The molecule has 1 aromatic carbocycles. The van der Waals surface area contributed by atoms with Crippen LogP contribution in [-0.2, 0) is 6.54 Å². The van der Waals surface area contributed by atoms with Crippen LogP contribution in [0, 0.1) is 0 Å². The van der Waals surface area contributed by atoms with E-state index in [1.807, 2.05) is 18.8 Å². The molecular weight excluding hydrogens is 214 g/mol. The molecule has 78 valence electrons. The van der Waals surface area contributed by atoms with Crippen LogP contribution in [0.2, 0.25) is 0 Å². The number of thioether (sulfide) groups is 1. The Balaban J connectivity index is 2.54. The Labute approximate surface area is 95.4 Å². The molecule has 1 rings (SSSR count). The number of rotatable bonds is 5. The Morgan fingerprint density at radius 3 is 2.43 bits per heavy atom. The van der Waals surface area contributed by atoms with Crippen LogP contribution in [0.15, 0.2) is 29.2 Å². The molecule has 0 spiro atoms. The average Bonchev–Trinajstić information content (AvgIpc) is 2.21. The average molecular weight is 230 g/mol. The fraction of sp³-hybridized carbons (Fsp3) is 0.455. The van der Waals surface area contributed by atoms with E-state index in [9.17, 15) is 0 Å². The van der Waals surface area contributed by atoms with Crippen molar-refractivity contribution in [3.05, 3.63) is 29.8 Å². The summed E-state index contributed by atoms with van der Waals surface area (Å²) in [7, 11) is 2.02. The minimum atomic E-state index is 0.575. The second kappa shape index (κ2) is 6.33. The van der Waals surface area contributed by atoms with Crippen molar-refractivity contribution in [2.24, 2.45) is 0 Å². The Hall–Kier alpha value is -0.180. The van der Waals surface area contributed by atoms with Gasteiger partial charge in [-0.25, -0.2) is 0 Å². The summed E-state index contributed by atoms with van der Waals surface area (Å²) in [6, 6.07) is 9.25. The van der Waals surface area contributed by atoms with Crippen LogP contribution in [0.3, 0.4) is 0 Å². The van der Waals surface area contributed by atoms with E-state index in [1.165, 1.54) is 10.5 Å². The lowest BCUT2D eigenvalue weighted by atomic mass is 10.2. The van der Waals surface area contributed by atoms with Gasteiger partial charge in [-0.1, -0.05) is 19.1 Å². The minimum absolute atomic E-state index is 0.575. The van der Waals surface area contributed by atoms with Crippen molar-refractivity contribution in [3.63, 3.8) is 0 Å². The molecule has 0 aliphatic heterocycles. The van der Waals surface area contributed by atoms with Crippen LogP contribution < -0.4 is 0 Å². The summed E-state index contributed by atoms with van der Waals surface area (Å²) in [5.41, 5.74) is 1.31. The molecule has 0 bridgehead atoms. The summed E-state index contributed by atoms with van der Waals surface area (Å²) in [5, 5.41) is 0. The van der Waals surface area contributed by atoms with E-state index in [0.717, 1.165) is 12.3 Å². The second-order valence-corrected chi connectivity index (χ2v) is 4.79. The van der Waals surface area contributed by atoms with Crippen molar-refractivity contribution in [1.82, 2.24) is 4.90 Å². The third-order valence-corrected chi connectivity index (χ3v) is 3.19. The Morgan fingerprint density at radius 2 is 1.93 bits per heavy atom. The summed E-state index contributed by atoms with van der Waals surface area (Å²) in [6.45, 7) is 3.08. The van der Waals surface area contributed by atoms with E-state index < -0.39 is 0 Å². The molecule has 0 heterocycles. The summed E-state index contributed by atoms with van der Waals surface area (Å²) in [6.07, 6.45) is 0. The molecular formula is C11H16ClNS. The van der Waals surface area contributed by atoms with Gasteiger partial charge in [0.25, 0.3) is 0 Å². The fourth-order valence-electron chi connectivity index (χ4n) is 1.21. The van der Waals surface area contributed by atoms with Gasteiger partial charge in [-0.05, 0) is 30.5 Å². The van der Waals surface area contributed by atoms with E-state index >= 15 is 0 Å². The zero-order valence-electron chi connectivity index (χ0n) is 8.66. The quantitative estimate of drug-likeness (QED) is 0.433. The SMILES string of the molecule is CCSc1ccc(CN(C)CCl)cc1. The predicted molar refractivity (Wildman–Crippen MR) is 65.0 cm³/mol. The van der Waals surface area contributed by atoms with Crippen molar-refractivity contribution in [3.8, 4) is 0 Å². The van der Waals surface area contributed by atoms with Gasteiger partial charge in [-0.3, -0.25) is 4.90 Å². The number of hydrogen-bond donors (Lipinski definition) is 0. The highest BCUT2D eigenvalue weighted by Crippen LogP contribution is 2.18. The Morgan fingerprint density at radius 1 is 1.29 bits per heavy atom. The van der Waals surface area contributed by atoms with Crippen LogP contribution in [0.1, 0.15) is 12.5 Å². The first-order valence-corrected chi connectivity index (χ1v) is 6.24. The molecule has 0 unspecified atom stereocenters. The van der Waals surface area contributed by atoms with Gasteiger partial charge >= 0.3 is 0 Å². The molecule has 0 atom stereocenters. The molecule has 0 radical (unpaired) electrons. The lowest BCUT2D eigenvalue weighted by molar-refractivity contribution is 0.382. The first kappa shape index (κ1) is 11.9. The first-order valence-electron chi connectivity index (χ1n) is 4.72. The number of nitrogens with zero attached hydrogens (tertiary/aromatic N) is 1. The molecule has 0 amide bonds. The minimum Gasteiger partial charge on any atom is -0.289 e. The van der Waals surface area contributed by atoms with Crippen LogP contribution in [-0.4, -0.2) is 23.7 Å². The Kier molecular flexibility index (Phi) is 5.38. The van der Waals surface area contributed by atoms with Gasteiger partial charge < -0.3 is 0 Å². The fourth-order valence-corrected chi connectivity index (χ4v) is 1.96. The third-order valence-electron chi connectivity index (χ3n) is 1.89. The number of benzene rings is 1. The molecule has 0 saturated heterocycles. The number of alkyl halides is 1. The number of hydrogen-bond acceptors (Lipinski definition) is 2. The molecule has 0 saturated carbocycles. The van der Waals surface area contributed by atoms with E-state index in [0.29, 0.717) is 6.00 Å². The zero-order chi connectivity index (χ0) is 10.4. The van der Waals surface area contributed by atoms with Crippen molar-refractivity contribution in [2.75, 3.05) is 18.8 Å². The standard InChI is InChI=1S/C11H16ClNS/c1-3-14-11-6-4-10(5-7-11)8-13(2)9-12/h4-7H,3,8-9H2,1-2H3. The molecule has 0 aliphatic rings. The summed E-state index contributed by atoms with van der Waals surface area (Å²) in [4.78, 5) is 3.41. The maximum absolute atomic E-state index is 5.70. The van der Waals surface area contributed by atoms with Gasteiger partial charge in [0.05, 0.1) is 6.00 Å². The summed E-state index contributed by atoms with van der Waals surface area (Å²) in [5.74, 6) is 1.13. The monoisotopic (exact) mass is 229 g/mol. The lowest BCUT2D eigenvalue weighted by Crippen LogP contribution is -2.15. The number of halogens is 1. The van der Waals surface area contributed by atoms with Crippen LogP contribution in [0.5, 0.6) is 0 Å². The van der Waals surface area contributed by atoms with Crippen molar-refractivity contribution >= 4 is 23.4 Å². The van der Waals surface area contributed by atoms with E-state index in [2.05, 4.69) is 36.1 Å².